The summed E-state index contributed by atoms with van der Waals surface area (Å²) < 4.78 is 7.53. The molecule has 0 spiro atoms. The maximum absolute atomic E-state index is 12.0. The van der Waals surface area contributed by atoms with Crippen molar-refractivity contribution in [2.24, 2.45) is 0 Å². The van der Waals surface area contributed by atoms with Gasteiger partial charge in [-0.15, -0.1) is 0 Å². The van der Waals surface area contributed by atoms with Crippen molar-refractivity contribution in [3.05, 3.63) is 36.2 Å². The number of anilines is 1. The number of aryl methyl sites for hydroxylation is 2. The number of ether oxygens (including phenoxy) is 1. The lowest BCUT2D eigenvalue weighted by Gasteiger charge is -2.14. The zero-order chi connectivity index (χ0) is 18.7. The molecule has 136 valence electrons. The third-order valence-electron chi connectivity index (χ3n) is 4.37. The number of benzene rings is 1. The second-order valence-electron chi connectivity index (χ2n) is 6.23. The van der Waals surface area contributed by atoms with Crippen molar-refractivity contribution >= 4 is 22.5 Å². The Morgan fingerprint density at radius 3 is 2.77 bits per heavy atom. The molecule has 0 bridgehead atoms. The Bertz CT molecular complexity index is 946. The molecule has 26 heavy (non-hydrogen) atoms. The van der Waals surface area contributed by atoms with E-state index in [1.807, 2.05) is 38.2 Å². The highest BCUT2D eigenvalue weighted by molar-refractivity contribution is 5.97. The number of imidazole rings is 1. The van der Waals surface area contributed by atoms with Crippen molar-refractivity contribution in [2.45, 2.75) is 40.2 Å². The van der Waals surface area contributed by atoms with E-state index >= 15 is 0 Å². The molecule has 0 saturated heterocycles. The first-order valence-electron chi connectivity index (χ1n) is 8.88. The summed E-state index contributed by atoms with van der Waals surface area (Å²) in [4.78, 5) is 21.2. The molecule has 0 unspecified atom stereocenters. The number of hydrogen-bond donors (Lipinski definition) is 1. The molecule has 0 radical (unpaired) electrons. The maximum atomic E-state index is 12.0. The van der Waals surface area contributed by atoms with Crippen LogP contribution in [0.15, 0.2) is 30.6 Å². The average Bonchev–Trinajstić information content (AvgIpc) is 3.10. The predicted molar refractivity (Wildman–Crippen MR) is 103 cm³/mol. The maximum Gasteiger partial charge on any atom is 0.224 e. The van der Waals surface area contributed by atoms with Crippen LogP contribution in [0.3, 0.4) is 0 Å². The van der Waals surface area contributed by atoms with Gasteiger partial charge in [-0.3, -0.25) is 4.79 Å². The largest absolute Gasteiger partial charge is 0.494 e. The third kappa shape index (κ3) is 3.40. The summed E-state index contributed by atoms with van der Waals surface area (Å²) >= 11 is 0. The normalized spacial score (nSPS) is 10.9. The van der Waals surface area contributed by atoms with Crippen LogP contribution in [0.1, 0.15) is 32.3 Å². The summed E-state index contributed by atoms with van der Waals surface area (Å²) in [5.41, 5.74) is 3.39. The highest BCUT2D eigenvalue weighted by atomic mass is 16.5. The molecule has 1 aromatic carbocycles. The summed E-state index contributed by atoms with van der Waals surface area (Å²) in [6, 6.07) is 5.83. The molecule has 3 rings (SSSR count). The minimum atomic E-state index is -0.0163. The zero-order valence-corrected chi connectivity index (χ0v) is 15.7. The molecule has 2 aromatic heterocycles. The fourth-order valence-corrected chi connectivity index (χ4v) is 3.04. The fourth-order valence-electron chi connectivity index (χ4n) is 3.04. The number of methoxy groups -OCH3 is 1. The van der Waals surface area contributed by atoms with Gasteiger partial charge in [0.25, 0.3) is 0 Å². The van der Waals surface area contributed by atoms with Gasteiger partial charge in [0.2, 0.25) is 5.91 Å². The molecule has 6 nitrogen and oxygen atoms in total. The van der Waals surface area contributed by atoms with E-state index in [2.05, 4.69) is 21.8 Å². The van der Waals surface area contributed by atoms with Crippen LogP contribution in [0.25, 0.3) is 22.4 Å². The van der Waals surface area contributed by atoms with Crippen molar-refractivity contribution in [1.82, 2.24) is 14.5 Å². The van der Waals surface area contributed by atoms with Gasteiger partial charge in [-0.1, -0.05) is 6.92 Å². The Kier molecular flexibility index (Phi) is 5.21. The number of nitrogens with zero attached hydrogens (tertiary/aromatic N) is 3. The lowest BCUT2D eigenvalue weighted by atomic mass is 10.1. The van der Waals surface area contributed by atoms with E-state index in [9.17, 15) is 4.79 Å². The first-order valence-corrected chi connectivity index (χ1v) is 8.88. The van der Waals surface area contributed by atoms with Crippen LogP contribution in [0, 0.1) is 6.92 Å². The van der Waals surface area contributed by atoms with Gasteiger partial charge in [-0.05, 0) is 38.0 Å². The Morgan fingerprint density at radius 2 is 2.08 bits per heavy atom. The fraction of sp³-hybridized carbons (Fsp3) is 0.350. The molecular formula is C20H24N4O2. The third-order valence-corrected chi connectivity index (χ3v) is 4.37. The van der Waals surface area contributed by atoms with Crippen LogP contribution in [0.4, 0.5) is 5.69 Å². The first kappa shape index (κ1) is 17.9. The quantitative estimate of drug-likeness (QED) is 0.723. The first-order chi connectivity index (χ1) is 12.6. The summed E-state index contributed by atoms with van der Waals surface area (Å²) in [5.74, 6) is 1.43. The smallest absolute Gasteiger partial charge is 0.224 e. The van der Waals surface area contributed by atoms with Crippen molar-refractivity contribution < 1.29 is 9.53 Å². The molecule has 3 aromatic rings. The highest BCUT2D eigenvalue weighted by Gasteiger charge is 2.14. The molecule has 6 heteroatoms. The van der Waals surface area contributed by atoms with E-state index in [0.29, 0.717) is 17.9 Å². The highest BCUT2D eigenvalue weighted by Crippen LogP contribution is 2.33. The Hall–Kier alpha value is -2.89. The van der Waals surface area contributed by atoms with Gasteiger partial charge in [0, 0.05) is 36.8 Å². The SMILES string of the molecule is CCCC(=O)Nc1cc2c(C)cc(-c3nccn3CC)nc2cc1OC. The van der Waals surface area contributed by atoms with E-state index in [-0.39, 0.29) is 5.91 Å². The molecule has 0 atom stereocenters. The van der Waals surface area contributed by atoms with Crippen molar-refractivity contribution in [3.8, 4) is 17.3 Å². The number of amides is 1. The van der Waals surface area contributed by atoms with Crippen LogP contribution in [0.5, 0.6) is 5.75 Å². The number of pyridine rings is 1. The van der Waals surface area contributed by atoms with Crippen molar-refractivity contribution in [2.75, 3.05) is 12.4 Å². The number of hydrogen-bond acceptors (Lipinski definition) is 4. The number of nitrogens with one attached hydrogen (secondary N) is 1. The molecule has 0 fully saturated rings. The lowest BCUT2D eigenvalue weighted by molar-refractivity contribution is -0.116. The van der Waals surface area contributed by atoms with Gasteiger partial charge < -0.3 is 14.6 Å². The number of carbonyl (C=O) groups excluding carboxylic acids is 1. The number of fused-ring (bicyclic) bond motifs is 1. The Balaban J connectivity index is 2.10. The van der Waals surface area contributed by atoms with Gasteiger partial charge in [0.15, 0.2) is 5.82 Å². The molecule has 1 amide bonds. The van der Waals surface area contributed by atoms with E-state index in [0.717, 1.165) is 41.0 Å². The van der Waals surface area contributed by atoms with Crippen LogP contribution >= 0.6 is 0 Å². The summed E-state index contributed by atoms with van der Waals surface area (Å²) in [5, 5.41) is 3.92. The number of carbonyl (C=O) groups is 1. The van der Waals surface area contributed by atoms with Crippen LogP contribution in [-0.4, -0.2) is 27.6 Å². The molecule has 0 aliphatic rings. The molecule has 0 saturated carbocycles. The van der Waals surface area contributed by atoms with Crippen LogP contribution in [0.2, 0.25) is 0 Å². The predicted octanol–water partition coefficient (Wildman–Crippen LogP) is 4.17. The average molecular weight is 352 g/mol. The minimum Gasteiger partial charge on any atom is -0.494 e. The van der Waals surface area contributed by atoms with Gasteiger partial charge in [-0.25, -0.2) is 9.97 Å². The summed E-state index contributed by atoms with van der Waals surface area (Å²) in [6.07, 6.45) is 5.02. The zero-order valence-electron chi connectivity index (χ0n) is 15.7. The second-order valence-corrected chi connectivity index (χ2v) is 6.23. The van der Waals surface area contributed by atoms with E-state index in [4.69, 9.17) is 9.72 Å². The van der Waals surface area contributed by atoms with E-state index < -0.39 is 0 Å². The van der Waals surface area contributed by atoms with Gasteiger partial charge >= 0.3 is 0 Å². The van der Waals surface area contributed by atoms with Gasteiger partial charge in [0.05, 0.1) is 18.3 Å². The lowest BCUT2D eigenvalue weighted by Crippen LogP contribution is -2.11. The minimum absolute atomic E-state index is 0.0163. The molecule has 0 aliphatic heterocycles. The van der Waals surface area contributed by atoms with Gasteiger partial charge in [0.1, 0.15) is 11.4 Å². The summed E-state index contributed by atoms with van der Waals surface area (Å²) in [7, 11) is 1.59. The molecule has 1 N–H and O–H groups in total. The number of aromatic nitrogens is 3. The summed E-state index contributed by atoms with van der Waals surface area (Å²) in [6.45, 7) is 6.93. The van der Waals surface area contributed by atoms with Crippen LogP contribution in [-0.2, 0) is 11.3 Å². The van der Waals surface area contributed by atoms with Gasteiger partial charge in [-0.2, -0.15) is 0 Å². The van der Waals surface area contributed by atoms with Crippen LogP contribution < -0.4 is 10.1 Å². The van der Waals surface area contributed by atoms with Crippen molar-refractivity contribution in [1.29, 1.82) is 0 Å². The van der Waals surface area contributed by atoms with E-state index in [1.54, 1.807) is 13.3 Å². The van der Waals surface area contributed by atoms with E-state index in [1.165, 1.54) is 0 Å². The Labute approximate surface area is 153 Å². The second kappa shape index (κ2) is 7.56. The monoisotopic (exact) mass is 352 g/mol. The topological polar surface area (TPSA) is 69.0 Å². The number of rotatable bonds is 6. The molecule has 2 heterocycles. The standard InChI is InChI=1S/C20H24N4O2/c1-5-7-19(25)23-16-11-14-13(3)10-17(20-21-8-9-24(20)6-2)22-15(14)12-18(16)26-4/h8-12H,5-7H2,1-4H3,(H,23,25). The molecule has 0 aliphatic carbocycles. The molecular weight excluding hydrogens is 328 g/mol. The van der Waals surface area contributed by atoms with Crippen molar-refractivity contribution in [3.63, 3.8) is 0 Å². The Morgan fingerprint density at radius 1 is 1.27 bits per heavy atom.